The maximum absolute atomic E-state index is 8.57. The smallest absolute Gasteiger partial charge is 0.0726 e. The van der Waals surface area contributed by atoms with E-state index < -0.39 is 17.2 Å². The number of anilines is 5. The summed E-state index contributed by atoms with van der Waals surface area (Å²) >= 11 is 3.81. The molecule has 0 amide bonds. The van der Waals surface area contributed by atoms with Gasteiger partial charge in [-0.05, 0) is 284 Å². The van der Waals surface area contributed by atoms with Gasteiger partial charge in [-0.25, -0.2) is 0 Å². The molecule has 8 aliphatic rings. The first-order valence-corrected chi connectivity index (χ1v) is 47.0. The van der Waals surface area contributed by atoms with E-state index in [4.69, 9.17) is 2.74 Å². The predicted molar refractivity (Wildman–Crippen MR) is 549 cm³/mol. The average Bonchev–Trinajstić information content (AvgIpc) is 1.51. The van der Waals surface area contributed by atoms with Gasteiger partial charge in [-0.1, -0.05) is 418 Å². The van der Waals surface area contributed by atoms with Crippen molar-refractivity contribution in [3.05, 3.63) is 469 Å². The predicted octanol–water partition coefficient (Wildman–Crippen LogP) is 34.2. The summed E-state index contributed by atoms with van der Waals surface area (Å²) in [6.07, 6.45) is 7.72. The lowest BCUT2D eigenvalue weighted by Crippen LogP contribution is -2.27. The summed E-state index contributed by atoms with van der Waals surface area (Å²) in [5, 5.41) is 3.58. The molecule has 2 spiro atoms. The van der Waals surface area contributed by atoms with Gasteiger partial charge in [0.2, 0.25) is 0 Å². The fraction of sp³-hybridized carbons (Fsp3) is 0.206. The molecule has 2 nitrogen and oxygen atoms in total. The fourth-order valence-electron chi connectivity index (χ4n) is 22.3. The molecule has 0 unspecified atom stereocenters. The highest BCUT2D eigenvalue weighted by molar-refractivity contribution is 9.10. The zero-order valence-corrected chi connectivity index (χ0v) is 78.6. The van der Waals surface area contributed by atoms with Crippen LogP contribution < -0.4 is 10.2 Å². The lowest BCUT2D eigenvalue weighted by molar-refractivity contribution is 0.586. The van der Waals surface area contributed by atoms with Crippen LogP contribution in [0.15, 0.2) is 368 Å². The van der Waals surface area contributed by atoms with E-state index in [0.717, 1.165) is 55.2 Å². The quantitative estimate of drug-likeness (QED) is 0.145. The van der Waals surface area contributed by atoms with E-state index in [2.05, 4.69) is 477 Å². The zero-order chi connectivity index (χ0) is 90.8. The SMILES string of the molecule is CC(C)(C)c1ccc2c(c1)C1(c3ccccc3-c3ccc(Br)cc31)c1cc(C(C)(C)C)ccc1-2.[2H]C1(c2ccc(-c3ccc(N(c4ccc5c(c4)C(C)(C)c4ccccc4-5)c4ccc5c(c4)C4(c6ccccc6-5)c5cc(C(C)(C)C)ccc5-c5ccc(C(C)(C)C)cc54)cc3)cc2)C=C1.[2H]C1(c2ccc(-c3ccc(Nc4ccc5c(c4)C(C)(C)c4ccccc4-5)cc3)cc2)C=C1. The van der Waals surface area contributed by atoms with Gasteiger partial charge in [0.25, 0.3) is 0 Å². The van der Waals surface area contributed by atoms with Crippen molar-refractivity contribution in [2.45, 2.75) is 166 Å². The van der Waals surface area contributed by atoms with Crippen molar-refractivity contribution in [1.82, 2.24) is 0 Å². The van der Waals surface area contributed by atoms with Gasteiger partial charge in [0.1, 0.15) is 0 Å². The van der Waals surface area contributed by atoms with Gasteiger partial charge in [0.15, 0.2) is 0 Å². The Kier molecular flexibility index (Phi) is 18.2. The van der Waals surface area contributed by atoms with Gasteiger partial charge in [-0.3, -0.25) is 0 Å². The molecule has 0 saturated carbocycles. The lowest BCUT2D eigenvalue weighted by atomic mass is 9.68. The summed E-state index contributed by atoms with van der Waals surface area (Å²) in [7, 11) is 0. The van der Waals surface area contributed by atoms with Crippen molar-refractivity contribution < 1.29 is 2.74 Å². The Morgan fingerprint density at radius 2 is 0.512 bits per heavy atom. The van der Waals surface area contributed by atoms with Crippen LogP contribution in [0.25, 0.3) is 89.0 Å². The second-order valence-electron chi connectivity index (χ2n) is 42.2. The Labute approximate surface area is 775 Å². The molecule has 632 valence electrons. The number of halogens is 1. The monoisotopic (exact) mass is 1730 g/mol. The Hall–Kier alpha value is -12.9. The van der Waals surface area contributed by atoms with Crippen LogP contribution in [-0.2, 0) is 43.3 Å². The molecule has 24 rings (SSSR count). The highest BCUT2D eigenvalue weighted by Gasteiger charge is 2.55. The highest BCUT2D eigenvalue weighted by atomic mass is 79.9. The lowest BCUT2D eigenvalue weighted by Gasteiger charge is -2.34. The molecular weight excluding hydrogens is 1620 g/mol. The minimum absolute atomic E-state index is 0.00719. The first-order valence-electron chi connectivity index (χ1n) is 47.2. The molecule has 0 aromatic heterocycles. The maximum atomic E-state index is 8.57. The molecule has 16 aromatic carbocycles. The molecule has 0 radical (unpaired) electrons. The molecule has 3 heteroatoms. The van der Waals surface area contributed by atoms with Crippen LogP contribution in [0.1, 0.15) is 225 Å². The molecule has 16 aromatic rings. The van der Waals surface area contributed by atoms with Crippen LogP contribution in [0.4, 0.5) is 28.4 Å². The number of hydrogen-bond donors (Lipinski definition) is 1. The molecule has 8 aliphatic carbocycles. The first kappa shape index (κ1) is 79.5. The Balaban J connectivity index is 0.000000127. The Morgan fingerprint density at radius 1 is 0.248 bits per heavy atom. The summed E-state index contributed by atoms with van der Waals surface area (Å²) in [6.45, 7) is 37.3. The number of benzene rings is 16. The second kappa shape index (κ2) is 29.6. The molecule has 0 saturated heterocycles. The maximum Gasteiger partial charge on any atom is 0.0726 e. The number of allylic oxidation sites excluding steroid dienone is 4. The van der Waals surface area contributed by atoms with Gasteiger partial charge < -0.3 is 10.2 Å². The summed E-state index contributed by atoms with van der Waals surface area (Å²) in [5.74, 6) is -1.21. The van der Waals surface area contributed by atoms with E-state index >= 15 is 0 Å². The third kappa shape index (κ3) is 13.3. The number of hydrogen-bond acceptors (Lipinski definition) is 2. The van der Waals surface area contributed by atoms with Crippen molar-refractivity contribution in [2.75, 3.05) is 10.2 Å². The van der Waals surface area contributed by atoms with E-state index in [1.807, 2.05) is 24.3 Å². The van der Waals surface area contributed by atoms with Gasteiger partial charge >= 0.3 is 0 Å². The molecule has 0 heterocycles. The van der Waals surface area contributed by atoms with E-state index in [0.29, 0.717) is 0 Å². The Morgan fingerprint density at radius 3 is 0.884 bits per heavy atom. The molecular formula is C126H111BrN2. The first-order chi connectivity index (χ1) is 62.5. The van der Waals surface area contributed by atoms with Crippen LogP contribution in [0.3, 0.4) is 0 Å². The Bertz CT molecular complexity index is 7350. The van der Waals surface area contributed by atoms with Crippen molar-refractivity contribution in [3.8, 4) is 89.0 Å². The van der Waals surface area contributed by atoms with Gasteiger partial charge in [0.05, 0.1) is 10.8 Å². The van der Waals surface area contributed by atoms with Crippen LogP contribution in [-0.4, -0.2) is 0 Å². The third-order valence-electron chi connectivity index (χ3n) is 29.5. The molecule has 129 heavy (non-hydrogen) atoms. The van der Waals surface area contributed by atoms with Crippen LogP contribution in [0.2, 0.25) is 0 Å². The van der Waals surface area contributed by atoms with Gasteiger partial charge in [-0.2, -0.15) is 0 Å². The summed E-state index contributed by atoms with van der Waals surface area (Å²) in [5.41, 5.74) is 49.5. The number of rotatable bonds is 9. The topological polar surface area (TPSA) is 15.3 Å². The van der Waals surface area contributed by atoms with Gasteiger partial charge in [0, 0.05) is 58.3 Å². The normalized spacial score (nSPS) is 16.2. The van der Waals surface area contributed by atoms with E-state index in [-0.39, 0.29) is 37.9 Å². The van der Waals surface area contributed by atoms with E-state index in [1.54, 1.807) is 0 Å². The minimum Gasteiger partial charge on any atom is -0.356 e. The van der Waals surface area contributed by atoms with Crippen molar-refractivity contribution in [3.63, 3.8) is 0 Å². The molecule has 0 bridgehead atoms. The second-order valence-corrected chi connectivity index (χ2v) is 43.1. The largest absolute Gasteiger partial charge is 0.356 e. The van der Waals surface area contributed by atoms with Crippen LogP contribution in [0.5, 0.6) is 0 Å². The van der Waals surface area contributed by atoms with Crippen molar-refractivity contribution in [1.29, 1.82) is 0 Å². The molecule has 0 aliphatic heterocycles. The number of fused-ring (bicyclic) bond motifs is 26. The number of nitrogens with zero attached hydrogens (tertiary/aromatic N) is 1. The van der Waals surface area contributed by atoms with Crippen molar-refractivity contribution >= 4 is 44.4 Å². The average molecular weight is 1740 g/mol. The van der Waals surface area contributed by atoms with Crippen LogP contribution >= 0.6 is 15.9 Å². The molecule has 0 atom stereocenters. The minimum atomic E-state index is -0.642. The van der Waals surface area contributed by atoms with Crippen LogP contribution in [0, 0.1) is 0 Å². The van der Waals surface area contributed by atoms with Gasteiger partial charge in [-0.15, -0.1) is 0 Å². The van der Waals surface area contributed by atoms with Crippen molar-refractivity contribution in [2.24, 2.45) is 0 Å². The summed E-state index contributed by atoms with van der Waals surface area (Å²) in [6, 6.07) is 127. The fourth-order valence-corrected chi connectivity index (χ4v) is 22.6. The third-order valence-corrected chi connectivity index (χ3v) is 30.0. The van der Waals surface area contributed by atoms with E-state index in [1.165, 1.54) is 167 Å². The summed E-state index contributed by atoms with van der Waals surface area (Å²) < 4.78 is 17.9. The molecule has 1 N–H and O–H groups in total. The summed E-state index contributed by atoms with van der Waals surface area (Å²) in [4.78, 5) is 2.49. The zero-order valence-electron chi connectivity index (χ0n) is 79.0. The highest BCUT2D eigenvalue weighted by Crippen LogP contribution is 2.67. The standard InChI is InChI=1S/C63H55N.C33H31Br.C30H25N/c1-60(2,3)43-25-31-51-52-32-26-44(61(4,5)6)36-58(52)63(57(51)35-43)55-16-12-10-14-49(55)53-34-30-47(38-59(53)63)64(45-27-23-42(24-28-45)41-21-19-40(20-22-41)39-17-18-39)46-29-33-50-48-13-9-11-15-54(48)62(7,8)56(50)37-46;1-31(2,3)20-11-14-24-25-15-12-21(32(4,5)6)18-29(25)33(28(24)17-20)27-10-8-7-9-23(27)26-16-13-22(34)19-30(26)33;1-30(2)28-6-4-3-5-26(28)27-18-17-25(19-29(27)30)31-24-15-13-23(14-16-24)22-11-9-21(10-12-22)20-7-8-20/h9-39H,1-8H3;7-19H,1-6H3;3-20,31H,1-2H3/i39D;;20D. The van der Waals surface area contributed by atoms with E-state index in [9.17, 15) is 0 Å². The molecule has 0 fully saturated rings. The number of nitrogens with one attached hydrogen (secondary N) is 1.